The van der Waals surface area contributed by atoms with E-state index in [1.54, 1.807) is 6.07 Å². The first kappa shape index (κ1) is 22.9. The summed E-state index contributed by atoms with van der Waals surface area (Å²) in [4.78, 5) is 17.4. The number of nitrogens with zero attached hydrogens (tertiary/aromatic N) is 2. The van der Waals surface area contributed by atoms with Gasteiger partial charge in [-0.05, 0) is 37.6 Å². The van der Waals surface area contributed by atoms with Gasteiger partial charge < -0.3 is 25.7 Å². The first-order valence-electron chi connectivity index (χ1n) is 9.09. The van der Waals surface area contributed by atoms with E-state index in [-0.39, 0.29) is 42.3 Å². The van der Waals surface area contributed by atoms with Gasteiger partial charge in [-0.25, -0.2) is 13.8 Å². The van der Waals surface area contributed by atoms with Gasteiger partial charge in [0.15, 0.2) is 11.7 Å². The number of nitrogens with two attached hydrogens (primary N) is 1. The Labute approximate surface area is 184 Å². The van der Waals surface area contributed by atoms with Crippen LogP contribution in [0.3, 0.4) is 0 Å². The fourth-order valence-corrected chi connectivity index (χ4v) is 3.10. The molecule has 0 spiro atoms. The van der Waals surface area contributed by atoms with Crippen LogP contribution in [0.15, 0.2) is 39.7 Å². The molecule has 4 N–H and O–H groups in total. The zero-order valence-corrected chi connectivity index (χ0v) is 18.3. The lowest BCUT2D eigenvalue weighted by atomic mass is 10.2. The fourth-order valence-electron chi connectivity index (χ4n) is 3.10. The van der Waals surface area contributed by atoms with E-state index in [9.17, 15) is 13.6 Å². The third kappa shape index (κ3) is 6.05. The second kappa shape index (κ2) is 10.4. The molecule has 1 aliphatic heterocycles. The van der Waals surface area contributed by atoms with Crippen molar-refractivity contribution in [2.75, 3.05) is 24.5 Å². The van der Waals surface area contributed by atoms with Gasteiger partial charge in [-0.15, -0.1) is 24.0 Å². The van der Waals surface area contributed by atoms with Gasteiger partial charge >= 0.3 is 0 Å². The summed E-state index contributed by atoms with van der Waals surface area (Å²) >= 11 is 0. The van der Waals surface area contributed by atoms with Crippen LogP contribution in [0, 0.1) is 11.6 Å². The molecule has 1 unspecified atom stereocenters. The Morgan fingerprint density at radius 3 is 2.79 bits per heavy atom. The van der Waals surface area contributed by atoms with E-state index < -0.39 is 17.5 Å². The number of halogens is 3. The highest BCUT2D eigenvalue weighted by Gasteiger charge is 2.25. The molecule has 1 amide bonds. The topological polar surface area (TPSA) is 95.9 Å². The Hall–Kier alpha value is -2.37. The Kier molecular flexibility index (Phi) is 8.23. The van der Waals surface area contributed by atoms with Gasteiger partial charge in [0.25, 0.3) is 5.91 Å². The van der Waals surface area contributed by atoms with Crippen LogP contribution in [0.1, 0.15) is 29.7 Å². The summed E-state index contributed by atoms with van der Waals surface area (Å²) < 4.78 is 32.4. The molecule has 0 aliphatic carbocycles. The number of rotatable bonds is 6. The lowest BCUT2D eigenvalue weighted by molar-refractivity contribution is 0.0972. The molecule has 2 heterocycles. The van der Waals surface area contributed by atoms with E-state index in [0.29, 0.717) is 37.0 Å². The Bertz CT molecular complexity index is 874. The predicted octanol–water partition coefficient (Wildman–Crippen LogP) is 2.61. The van der Waals surface area contributed by atoms with Gasteiger partial charge in [-0.1, -0.05) is 0 Å². The normalized spacial score (nSPS) is 16.4. The predicted molar refractivity (Wildman–Crippen MR) is 118 cm³/mol. The van der Waals surface area contributed by atoms with Gasteiger partial charge in [-0.3, -0.25) is 4.79 Å². The van der Waals surface area contributed by atoms with E-state index in [0.717, 1.165) is 12.5 Å². The number of carbonyl (C=O) groups excluding carboxylic acids is 1. The third-order valence-electron chi connectivity index (χ3n) is 4.42. The molecule has 3 rings (SSSR count). The van der Waals surface area contributed by atoms with Gasteiger partial charge in [0.2, 0.25) is 0 Å². The summed E-state index contributed by atoms with van der Waals surface area (Å²) in [5.74, 6) is -0.577. The number of carbonyl (C=O) groups is 1. The van der Waals surface area contributed by atoms with Gasteiger partial charge in [-0.2, -0.15) is 0 Å². The zero-order chi connectivity index (χ0) is 20.1. The van der Waals surface area contributed by atoms with E-state index in [2.05, 4.69) is 15.6 Å². The van der Waals surface area contributed by atoms with Crippen LogP contribution in [0.2, 0.25) is 0 Å². The van der Waals surface area contributed by atoms with Crippen molar-refractivity contribution in [2.24, 2.45) is 10.7 Å². The third-order valence-corrected chi connectivity index (χ3v) is 4.42. The molecule has 1 aromatic heterocycles. The number of hydrogen-bond donors (Lipinski definition) is 3. The average molecular weight is 519 g/mol. The summed E-state index contributed by atoms with van der Waals surface area (Å²) in [5.41, 5.74) is 5.57. The van der Waals surface area contributed by atoms with E-state index in [1.807, 2.05) is 11.8 Å². The molecule has 1 fully saturated rings. The van der Waals surface area contributed by atoms with Crippen molar-refractivity contribution in [3.05, 3.63) is 53.5 Å². The van der Waals surface area contributed by atoms with Crippen LogP contribution in [0.5, 0.6) is 0 Å². The Morgan fingerprint density at radius 1 is 1.34 bits per heavy atom. The second-order valence-electron chi connectivity index (χ2n) is 6.50. The van der Waals surface area contributed by atoms with Crippen molar-refractivity contribution in [1.29, 1.82) is 0 Å². The van der Waals surface area contributed by atoms with Gasteiger partial charge in [0.05, 0.1) is 5.69 Å². The highest BCUT2D eigenvalue weighted by atomic mass is 127. The van der Waals surface area contributed by atoms with Gasteiger partial charge in [0.1, 0.15) is 23.9 Å². The van der Waals surface area contributed by atoms with Crippen molar-refractivity contribution < 1.29 is 18.0 Å². The number of hydrogen-bond acceptors (Lipinski definition) is 4. The van der Waals surface area contributed by atoms with Crippen molar-refractivity contribution in [3.8, 4) is 0 Å². The van der Waals surface area contributed by atoms with E-state index in [1.165, 1.54) is 18.2 Å². The SMILES string of the molecule is CCNC(=NCc1ccc(C(N)=O)o1)NC1CCN(c2ccc(F)cc2F)C1.I. The van der Waals surface area contributed by atoms with Crippen LogP contribution in [0.25, 0.3) is 0 Å². The summed E-state index contributed by atoms with van der Waals surface area (Å²) in [5, 5.41) is 6.46. The molecule has 0 saturated carbocycles. The first-order valence-corrected chi connectivity index (χ1v) is 9.09. The highest BCUT2D eigenvalue weighted by Crippen LogP contribution is 2.24. The maximum Gasteiger partial charge on any atom is 0.284 e. The molecule has 0 bridgehead atoms. The Balaban J connectivity index is 0.00000300. The molecule has 7 nitrogen and oxygen atoms in total. The molecule has 1 aromatic carbocycles. The largest absolute Gasteiger partial charge is 0.454 e. The van der Waals surface area contributed by atoms with Crippen LogP contribution in [0.4, 0.5) is 14.5 Å². The lowest BCUT2D eigenvalue weighted by Crippen LogP contribution is -2.44. The second-order valence-corrected chi connectivity index (χ2v) is 6.50. The van der Waals surface area contributed by atoms with Crippen molar-refractivity contribution in [3.63, 3.8) is 0 Å². The minimum atomic E-state index is -0.626. The fraction of sp³-hybridized carbons (Fsp3) is 0.368. The molecule has 1 saturated heterocycles. The van der Waals surface area contributed by atoms with Gasteiger partial charge in [0, 0.05) is 31.7 Å². The number of primary amides is 1. The molecular weight excluding hydrogens is 495 g/mol. The number of nitrogens with one attached hydrogen (secondary N) is 2. The smallest absolute Gasteiger partial charge is 0.284 e. The molecule has 1 atom stereocenters. The minimum absolute atomic E-state index is 0. The molecule has 29 heavy (non-hydrogen) atoms. The number of guanidine groups is 1. The average Bonchev–Trinajstić information content (AvgIpc) is 3.29. The van der Waals surface area contributed by atoms with Crippen LogP contribution in [-0.4, -0.2) is 37.5 Å². The van der Waals surface area contributed by atoms with Crippen LogP contribution < -0.4 is 21.3 Å². The van der Waals surface area contributed by atoms with Crippen molar-refractivity contribution in [2.45, 2.75) is 25.9 Å². The molecule has 2 aromatic rings. The summed E-state index contributed by atoms with van der Waals surface area (Å²) in [6, 6.07) is 6.83. The van der Waals surface area contributed by atoms with Crippen LogP contribution in [-0.2, 0) is 6.54 Å². The van der Waals surface area contributed by atoms with Crippen molar-refractivity contribution in [1.82, 2.24) is 10.6 Å². The number of furan rings is 1. The van der Waals surface area contributed by atoms with E-state index >= 15 is 0 Å². The number of benzene rings is 1. The van der Waals surface area contributed by atoms with E-state index in [4.69, 9.17) is 10.2 Å². The lowest BCUT2D eigenvalue weighted by Gasteiger charge is -2.20. The molecule has 10 heteroatoms. The number of amides is 1. The Morgan fingerprint density at radius 2 is 2.14 bits per heavy atom. The summed E-state index contributed by atoms with van der Waals surface area (Å²) in [7, 11) is 0. The highest BCUT2D eigenvalue weighted by molar-refractivity contribution is 14.0. The zero-order valence-electron chi connectivity index (χ0n) is 16.0. The standard InChI is InChI=1S/C19H23F2N5O2.HI/c1-2-23-19(24-10-14-4-6-17(28-14)18(22)27)25-13-7-8-26(11-13)16-5-3-12(20)9-15(16)21;/h3-6,9,13H,2,7-8,10-11H2,1H3,(H2,22,27)(H2,23,24,25);1H. The molecule has 0 radical (unpaired) electrons. The molecular formula is C19H24F2IN5O2. The number of anilines is 1. The maximum atomic E-state index is 14.0. The quantitative estimate of drug-likeness (QED) is 0.310. The summed E-state index contributed by atoms with van der Waals surface area (Å²) in [6.45, 7) is 4.08. The molecule has 158 valence electrons. The first-order chi connectivity index (χ1) is 13.5. The molecule has 1 aliphatic rings. The maximum absolute atomic E-state index is 14.0. The van der Waals surface area contributed by atoms with Crippen LogP contribution >= 0.6 is 24.0 Å². The summed E-state index contributed by atoms with van der Waals surface area (Å²) in [6.07, 6.45) is 0.786. The minimum Gasteiger partial charge on any atom is -0.454 e. The van der Waals surface area contributed by atoms with Crippen molar-refractivity contribution >= 4 is 41.5 Å². The number of aliphatic imine (C=N–C) groups is 1. The monoisotopic (exact) mass is 519 g/mol.